The Hall–Kier alpha value is -2.74. The maximum atomic E-state index is 13.5. The normalized spacial score (nSPS) is 15.5. The molecule has 3 aromatic rings. The van der Waals surface area contributed by atoms with Crippen molar-refractivity contribution in [3.63, 3.8) is 0 Å². The molecule has 0 fully saturated rings. The number of aliphatic hydroxyl groups excluding tert-OH is 1. The largest absolute Gasteiger partial charge is 0.387 e. The number of rotatable bonds is 3. The van der Waals surface area contributed by atoms with Crippen molar-refractivity contribution in [2.75, 3.05) is 6.54 Å². The second kappa shape index (κ2) is 7.01. The van der Waals surface area contributed by atoms with Crippen LogP contribution in [-0.2, 0) is 20.1 Å². The van der Waals surface area contributed by atoms with Crippen LogP contribution in [0.2, 0.25) is 0 Å². The van der Waals surface area contributed by atoms with E-state index in [1.54, 1.807) is 4.68 Å². The highest BCUT2D eigenvalue weighted by atomic mass is 16.3. The first-order valence-electron chi connectivity index (χ1n) is 9.74. The van der Waals surface area contributed by atoms with Gasteiger partial charge < -0.3 is 10.0 Å². The molecule has 0 aliphatic carbocycles. The van der Waals surface area contributed by atoms with Crippen molar-refractivity contribution in [3.8, 4) is 0 Å². The van der Waals surface area contributed by atoms with Gasteiger partial charge in [0.05, 0.1) is 40.7 Å². The third-order valence-corrected chi connectivity index (χ3v) is 5.38. The lowest BCUT2D eigenvalue weighted by atomic mass is 10.1. The minimum absolute atomic E-state index is 0.0150. The Kier molecular flexibility index (Phi) is 4.66. The van der Waals surface area contributed by atoms with Gasteiger partial charge in [-0.25, -0.2) is 4.98 Å². The number of hydrogen-bond acceptors (Lipinski definition) is 5. The summed E-state index contributed by atoms with van der Waals surface area (Å²) < 4.78 is 3.65. The van der Waals surface area contributed by atoms with E-state index in [-0.39, 0.29) is 5.91 Å². The molecule has 1 aliphatic rings. The Balaban J connectivity index is 1.71. The summed E-state index contributed by atoms with van der Waals surface area (Å²) >= 11 is 0. The van der Waals surface area contributed by atoms with Crippen molar-refractivity contribution in [2.45, 2.75) is 52.8 Å². The van der Waals surface area contributed by atoms with Crippen LogP contribution in [0.3, 0.4) is 0 Å². The van der Waals surface area contributed by atoms with Gasteiger partial charge in [-0.2, -0.15) is 10.2 Å². The van der Waals surface area contributed by atoms with E-state index in [0.29, 0.717) is 30.8 Å². The van der Waals surface area contributed by atoms with Crippen LogP contribution in [-0.4, -0.2) is 47.0 Å². The van der Waals surface area contributed by atoms with Crippen molar-refractivity contribution >= 4 is 16.9 Å². The lowest BCUT2D eigenvalue weighted by Crippen LogP contribution is -2.31. The number of hydrogen-bond donors (Lipinski definition) is 1. The fraction of sp³-hybridized carbons (Fsp3) is 0.500. The molecule has 1 amide bonds. The molecule has 0 radical (unpaired) electrons. The van der Waals surface area contributed by atoms with E-state index in [1.165, 1.54) is 0 Å². The molecule has 0 saturated heterocycles. The van der Waals surface area contributed by atoms with Gasteiger partial charge in [0.25, 0.3) is 5.91 Å². The second-order valence-corrected chi connectivity index (χ2v) is 7.51. The number of amides is 1. The monoisotopic (exact) mass is 382 g/mol. The fourth-order valence-electron chi connectivity index (χ4n) is 3.94. The van der Waals surface area contributed by atoms with Crippen molar-refractivity contribution in [1.82, 2.24) is 29.4 Å². The van der Waals surface area contributed by atoms with E-state index in [1.807, 2.05) is 49.5 Å². The molecule has 1 unspecified atom stereocenters. The molecule has 8 nitrogen and oxygen atoms in total. The summed E-state index contributed by atoms with van der Waals surface area (Å²) in [5.41, 5.74) is 4.62. The Morgan fingerprint density at radius 1 is 1.25 bits per heavy atom. The summed E-state index contributed by atoms with van der Waals surface area (Å²) in [6.45, 7) is 7.62. The molecule has 3 aromatic heterocycles. The van der Waals surface area contributed by atoms with Gasteiger partial charge >= 0.3 is 0 Å². The zero-order valence-corrected chi connectivity index (χ0v) is 16.8. The lowest BCUT2D eigenvalue weighted by molar-refractivity contribution is 0.0747. The van der Waals surface area contributed by atoms with Gasteiger partial charge in [-0.05, 0) is 38.8 Å². The number of carbonyl (C=O) groups is 1. The maximum absolute atomic E-state index is 13.5. The van der Waals surface area contributed by atoms with E-state index >= 15 is 0 Å². The zero-order valence-electron chi connectivity index (χ0n) is 16.8. The minimum Gasteiger partial charge on any atom is -0.387 e. The lowest BCUT2D eigenvalue weighted by Gasteiger charge is -2.21. The Morgan fingerprint density at radius 3 is 2.79 bits per heavy atom. The molecule has 4 heterocycles. The molecule has 0 aromatic carbocycles. The Bertz CT molecular complexity index is 1050. The molecular formula is C20H26N6O2. The molecule has 148 valence electrons. The number of fused-ring (bicyclic) bond motifs is 2. The van der Waals surface area contributed by atoms with Crippen LogP contribution in [0.5, 0.6) is 0 Å². The zero-order chi connectivity index (χ0) is 20.0. The second-order valence-electron chi connectivity index (χ2n) is 7.51. The number of aryl methyl sites for hydroxylation is 4. The highest BCUT2D eigenvalue weighted by molar-refractivity contribution is 6.06. The Morgan fingerprint density at radius 2 is 2.04 bits per heavy atom. The smallest absolute Gasteiger partial charge is 0.255 e. The number of pyridine rings is 1. The van der Waals surface area contributed by atoms with Gasteiger partial charge in [-0.1, -0.05) is 6.92 Å². The first-order chi connectivity index (χ1) is 13.4. The molecule has 4 rings (SSSR count). The number of carbonyl (C=O) groups excluding carboxylic acids is 1. The van der Waals surface area contributed by atoms with Gasteiger partial charge in [-0.3, -0.25) is 14.2 Å². The molecule has 8 heteroatoms. The van der Waals surface area contributed by atoms with Crippen molar-refractivity contribution in [2.24, 2.45) is 7.05 Å². The fourth-order valence-corrected chi connectivity index (χ4v) is 3.94. The molecule has 28 heavy (non-hydrogen) atoms. The van der Waals surface area contributed by atoms with E-state index in [2.05, 4.69) is 15.2 Å². The molecule has 0 spiro atoms. The molecule has 1 N–H and O–H groups in total. The van der Waals surface area contributed by atoms with Crippen LogP contribution >= 0.6 is 0 Å². The van der Waals surface area contributed by atoms with Crippen LogP contribution in [0, 0.1) is 13.8 Å². The first-order valence-corrected chi connectivity index (χ1v) is 9.74. The van der Waals surface area contributed by atoms with Crippen LogP contribution < -0.4 is 0 Å². The molecule has 1 aliphatic heterocycles. The van der Waals surface area contributed by atoms with Gasteiger partial charge in [-0.15, -0.1) is 0 Å². The summed E-state index contributed by atoms with van der Waals surface area (Å²) in [6, 6.07) is 3.77. The van der Waals surface area contributed by atoms with Crippen molar-refractivity contribution in [3.05, 3.63) is 40.5 Å². The maximum Gasteiger partial charge on any atom is 0.255 e. The van der Waals surface area contributed by atoms with E-state index in [4.69, 9.17) is 0 Å². The standard InChI is InChI=1S/C20H26N6O2/c1-5-17(27)16-10-14-11-25(7-6-8-26(14)23-16)20(28)15-9-12(2)21-19-18(15)13(3)22-24(19)4/h9-10,17,27H,5-8,11H2,1-4H3. The van der Waals surface area contributed by atoms with Crippen LogP contribution in [0.1, 0.15) is 59.0 Å². The quantitative estimate of drug-likeness (QED) is 0.751. The van der Waals surface area contributed by atoms with Crippen LogP contribution in [0.15, 0.2) is 12.1 Å². The first kappa shape index (κ1) is 18.6. The topological polar surface area (TPSA) is 89.1 Å². The minimum atomic E-state index is -0.566. The van der Waals surface area contributed by atoms with E-state index < -0.39 is 6.10 Å². The number of aromatic nitrogens is 5. The van der Waals surface area contributed by atoms with Crippen molar-refractivity contribution in [1.29, 1.82) is 0 Å². The van der Waals surface area contributed by atoms with Gasteiger partial charge in [0, 0.05) is 25.8 Å². The van der Waals surface area contributed by atoms with Crippen LogP contribution in [0.4, 0.5) is 0 Å². The highest BCUT2D eigenvalue weighted by Gasteiger charge is 2.26. The third-order valence-electron chi connectivity index (χ3n) is 5.38. The van der Waals surface area contributed by atoms with Gasteiger partial charge in [0.1, 0.15) is 0 Å². The summed E-state index contributed by atoms with van der Waals surface area (Å²) in [6.07, 6.45) is 0.874. The summed E-state index contributed by atoms with van der Waals surface area (Å²) in [5.74, 6) is -0.0150. The number of aliphatic hydroxyl groups is 1. The number of nitrogens with zero attached hydrogens (tertiary/aromatic N) is 6. The summed E-state index contributed by atoms with van der Waals surface area (Å²) in [7, 11) is 1.85. The molecular weight excluding hydrogens is 356 g/mol. The SMILES string of the molecule is CCC(O)c1cc2n(n1)CCCN(C(=O)c1cc(C)nc3c1c(C)nn3C)C2. The molecule has 0 saturated carbocycles. The van der Waals surface area contributed by atoms with Crippen LogP contribution in [0.25, 0.3) is 11.0 Å². The summed E-state index contributed by atoms with van der Waals surface area (Å²) in [5, 5.41) is 19.9. The van der Waals surface area contributed by atoms with Gasteiger partial charge in [0.15, 0.2) is 5.65 Å². The Labute approximate surface area is 163 Å². The average Bonchev–Trinajstić information content (AvgIpc) is 3.12. The molecule has 1 atom stereocenters. The van der Waals surface area contributed by atoms with E-state index in [0.717, 1.165) is 41.1 Å². The van der Waals surface area contributed by atoms with Crippen molar-refractivity contribution < 1.29 is 9.90 Å². The third kappa shape index (κ3) is 3.07. The molecule has 0 bridgehead atoms. The van der Waals surface area contributed by atoms with E-state index in [9.17, 15) is 9.90 Å². The average molecular weight is 382 g/mol. The predicted octanol–water partition coefficient (Wildman–Crippen LogP) is 2.27. The predicted molar refractivity (Wildman–Crippen MR) is 105 cm³/mol. The highest BCUT2D eigenvalue weighted by Crippen LogP contribution is 2.25. The summed E-state index contributed by atoms with van der Waals surface area (Å²) in [4.78, 5) is 19.9. The van der Waals surface area contributed by atoms with Gasteiger partial charge in [0.2, 0.25) is 0 Å².